The summed E-state index contributed by atoms with van der Waals surface area (Å²) in [5, 5.41) is 12.2. The maximum Gasteiger partial charge on any atom is 0.243 e. The molecule has 2 fully saturated rings. The maximum atomic E-state index is 13.2. The molecule has 1 aromatic heterocycles. The fourth-order valence-corrected chi connectivity index (χ4v) is 6.68. The van der Waals surface area contributed by atoms with E-state index in [1.165, 1.54) is 28.9 Å². The van der Waals surface area contributed by atoms with Gasteiger partial charge in [0.15, 0.2) is 11.0 Å². The Morgan fingerprint density at radius 3 is 2.58 bits per heavy atom. The van der Waals surface area contributed by atoms with E-state index in [4.69, 9.17) is 4.74 Å². The lowest BCUT2D eigenvalue weighted by molar-refractivity contribution is -0.118. The smallest absolute Gasteiger partial charge is 0.243 e. The van der Waals surface area contributed by atoms with Crippen LogP contribution in [0.4, 0.5) is 0 Å². The lowest BCUT2D eigenvalue weighted by atomic mass is 10.1. The van der Waals surface area contributed by atoms with Gasteiger partial charge in [0.25, 0.3) is 0 Å². The molecular weight excluding hydrogens is 462 g/mol. The molecule has 1 aliphatic heterocycles. The number of carbonyl (C=O) groups is 1. The lowest BCUT2D eigenvalue weighted by Crippen LogP contribution is -2.40. The van der Waals surface area contributed by atoms with E-state index in [-0.39, 0.29) is 22.6 Å². The van der Waals surface area contributed by atoms with Gasteiger partial charge in [-0.1, -0.05) is 49.6 Å². The molecule has 9 nitrogen and oxygen atoms in total. The third-order valence-electron chi connectivity index (χ3n) is 6.17. The molecule has 4 rings (SSSR count). The van der Waals surface area contributed by atoms with Crippen LogP contribution in [-0.4, -0.2) is 72.5 Å². The minimum Gasteiger partial charge on any atom is -0.379 e. The third kappa shape index (κ3) is 5.59. The van der Waals surface area contributed by atoms with Crippen molar-refractivity contribution in [2.45, 2.75) is 54.6 Å². The van der Waals surface area contributed by atoms with E-state index in [1.54, 1.807) is 25.2 Å². The minimum absolute atomic E-state index is 0.0735. The summed E-state index contributed by atoms with van der Waals surface area (Å²) in [7, 11) is -2.00. The van der Waals surface area contributed by atoms with Gasteiger partial charge < -0.3 is 10.1 Å². The van der Waals surface area contributed by atoms with Crippen molar-refractivity contribution >= 4 is 27.7 Å². The number of thioether (sulfide) groups is 1. The lowest BCUT2D eigenvalue weighted by Gasteiger charge is -2.26. The predicted octanol–water partition coefficient (Wildman–Crippen LogP) is 2.70. The van der Waals surface area contributed by atoms with Crippen molar-refractivity contribution in [1.29, 1.82) is 0 Å². The first kappa shape index (κ1) is 24.2. The molecule has 0 unspecified atom stereocenters. The second-order valence-electron chi connectivity index (χ2n) is 8.33. The quantitative estimate of drug-likeness (QED) is 0.467. The van der Waals surface area contributed by atoms with E-state index in [0.29, 0.717) is 42.8 Å². The van der Waals surface area contributed by atoms with Crippen LogP contribution >= 0.6 is 11.8 Å². The Balaban J connectivity index is 1.70. The number of carbonyl (C=O) groups excluding carboxylic acids is 1. The normalized spacial score (nSPS) is 18.7. The Morgan fingerprint density at radius 1 is 1.15 bits per heavy atom. The summed E-state index contributed by atoms with van der Waals surface area (Å²) in [6.07, 6.45) is 6.72. The average molecular weight is 494 g/mol. The number of aromatic nitrogens is 3. The topological polar surface area (TPSA) is 106 Å². The molecule has 1 aliphatic carbocycles. The van der Waals surface area contributed by atoms with Crippen LogP contribution < -0.4 is 5.32 Å². The summed E-state index contributed by atoms with van der Waals surface area (Å²) in [6, 6.07) is 7.18. The van der Waals surface area contributed by atoms with Crippen LogP contribution in [0.5, 0.6) is 0 Å². The van der Waals surface area contributed by atoms with Gasteiger partial charge >= 0.3 is 0 Å². The molecule has 0 radical (unpaired) electrons. The molecule has 2 heterocycles. The summed E-state index contributed by atoms with van der Waals surface area (Å²) < 4.78 is 35.3. The van der Waals surface area contributed by atoms with Crippen LogP contribution in [0.15, 0.2) is 34.3 Å². The molecule has 1 N–H and O–H groups in total. The Labute approximate surface area is 199 Å². The van der Waals surface area contributed by atoms with Crippen LogP contribution in [0, 0.1) is 0 Å². The average Bonchev–Trinajstić information content (AvgIpc) is 3.08. The first-order chi connectivity index (χ1) is 16.0. The SMILES string of the molecule is CNC(=O)CSc1nnc(-c2cccc(S(=O)(=O)N3CCOCC3)c2)n1C1CCCCCC1. The van der Waals surface area contributed by atoms with Gasteiger partial charge in [0.2, 0.25) is 15.9 Å². The largest absolute Gasteiger partial charge is 0.379 e. The monoisotopic (exact) mass is 493 g/mol. The highest BCUT2D eigenvalue weighted by molar-refractivity contribution is 7.99. The van der Waals surface area contributed by atoms with Gasteiger partial charge in [-0.3, -0.25) is 9.36 Å². The number of amides is 1. The number of hydrogen-bond donors (Lipinski definition) is 1. The highest BCUT2D eigenvalue weighted by Gasteiger charge is 2.28. The van der Waals surface area contributed by atoms with E-state index < -0.39 is 10.0 Å². The van der Waals surface area contributed by atoms with Crippen molar-refractivity contribution in [2.24, 2.45) is 0 Å². The summed E-state index contributed by atoms with van der Waals surface area (Å²) >= 11 is 1.37. The zero-order valence-corrected chi connectivity index (χ0v) is 20.5. The Bertz CT molecular complexity index is 1060. The molecule has 0 atom stereocenters. The molecule has 1 aromatic carbocycles. The molecule has 33 heavy (non-hydrogen) atoms. The van der Waals surface area contributed by atoms with Crippen molar-refractivity contribution < 1.29 is 17.9 Å². The van der Waals surface area contributed by atoms with E-state index in [2.05, 4.69) is 20.1 Å². The zero-order chi connectivity index (χ0) is 23.3. The molecule has 0 spiro atoms. The van der Waals surface area contributed by atoms with Gasteiger partial charge in [0, 0.05) is 31.7 Å². The third-order valence-corrected chi connectivity index (χ3v) is 9.00. The number of hydrogen-bond acceptors (Lipinski definition) is 7. The van der Waals surface area contributed by atoms with Gasteiger partial charge in [-0.2, -0.15) is 4.31 Å². The summed E-state index contributed by atoms with van der Waals surface area (Å²) in [5.74, 6) is 0.836. The molecule has 2 aliphatic rings. The minimum atomic E-state index is -3.62. The fourth-order valence-electron chi connectivity index (χ4n) is 4.35. The van der Waals surface area contributed by atoms with Gasteiger partial charge in [-0.25, -0.2) is 8.42 Å². The van der Waals surface area contributed by atoms with Crippen molar-refractivity contribution in [1.82, 2.24) is 24.4 Å². The van der Waals surface area contributed by atoms with E-state index in [1.807, 2.05) is 6.07 Å². The first-order valence-electron chi connectivity index (χ1n) is 11.5. The second kappa shape index (κ2) is 11.0. The maximum absolute atomic E-state index is 13.2. The first-order valence-corrected chi connectivity index (χ1v) is 13.9. The molecule has 11 heteroatoms. The number of nitrogens with zero attached hydrogens (tertiary/aromatic N) is 4. The molecule has 180 valence electrons. The predicted molar refractivity (Wildman–Crippen MR) is 127 cm³/mol. The number of ether oxygens (including phenoxy) is 1. The number of sulfonamides is 1. The Morgan fingerprint density at radius 2 is 1.88 bits per heavy atom. The van der Waals surface area contributed by atoms with Crippen LogP contribution in [0.3, 0.4) is 0 Å². The van der Waals surface area contributed by atoms with E-state index >= 15 is 0 Å². The van der Waals surface area contributed by atoms with Crippen LogP contribution in [-0.2, 0) is 19.6 Å². The van der Waals surface area contributed by atoms with Crippen LogP contribution in [0.25, 0.3) is 11.4 Å². The number of benzene rings is 1. The molecule has 2 aromatic rings. The Kier molecular flexibility index (Phi) is 8.05. The Hall–Kier alpha value is -1.95. The van der Waals surface area contributed by atoms with Crippen molar-refractivity contribution in [3.63, 3.8) is 0 Å². The number of nitrogens with one attached hydrogen (secondary N) is 1. The van der Waals surface area contributed by atoms with Crippen molar-refractivity contribution in [2.75, 3.05) is 39.1 Å². The van der Waals surface area contributed by atoms with E-state index in [0.717, 1.165) is 25.7 Å². The molecular formula is C22H31N5O4S2. The zero-order valence-electron chi connectivity index (χ0n) is 18.9. The van der Waals surface area contributed by atoms with Gasteiger partial charge in [0.05, 0.1) is 23.9 Å². The summed E-state index contributed by atoms with van der Waals surface area (Å²) in [5.41, 5.74) is 0.716. The highest BCUT2D eigenvalue weighted by atomic mass is 32.2. The van der Waals surface area contributed by atoms with Gasteiger partial charge in [-0.05, 0) is 25.0 Å². The van der Waals surface area contributed by atoms with Crippen molar-refractivity contribution in [3.8, 4) is 11.4 Å². The summed E-state index contributed by atoms with van der Waals surface area (Å²) in [4.78, 5) is 12.1. The molecule has 1 saturated heterocycles. The molecule has 0 bridgehead atoms. The van der Waals surface area contributed by atoms with Crippen LogP contribution in [0.2, 0.25) is 0 Å². The van der Waals surface area contributed by atoms with Gasteiger partial charge in [-0.15, -0.1) is 10.2 Å². The fraction of sp³-hybridized carbons (Fsp3) is 0.591. The van der Waals surface area contributed by atoms with Gasteiger partial charge in [0.1, 0.15) is 0 Å². The second-order valence-corrected chi connectivity index (χ2v) is 11.2. The number of rotatable bonds is 7. The highest BCUT2D eigenvalue weighted by Crippen LogP contribution is 2.35. The molecule has 1 amide bonds. The standard InChI is InChI=1S/C22H31N5O4S2/c1-23-20(28)16-32-22-25-24-21(27(22)18-8-4-2-3-5-9-18)17-7-6-10-19(15-17)33(29,30)26-11-13-31-14-12-26/h6-7,10,15,18H,2-5,8-9,11-14,16H2,1H3,(H,23,28). The van der Waals surface area contributed by atoms with Crippen LogP contribution in [0.1, 0.15) is 44.6 Å². The molecule has 1 saturated carbocycles. The summed E-state index contributed by atoms with van der Waals surface area (Å²) in [6.45, 7) is 1.51. The van der Waals surface area contributed by atoms with Crippen molar-refractivity contribution in [3.05, 3.63) is 24.3 Å². The van der Waals surface area contributed by atoms with E-state index in [9.17, 15) is 13.2 Å². The number of morpholine rings is 1.